The first-order valence-electron chi connectivity index (χ1n) is 9.63. The smallest absolute Gasteiger partial charge is 0.188 e. The zero-order valence-corrected chi connectivity index (χ0v) is 16.2. The molecule has 5 heteroatoms. The third kappa shape index (κ3) is 7.04. The topological polar surface area (TPSA) is 56.9 Å². The van der Waals surface area contributed by atoms with Gasteiger partial charge < -0.3 is 16.0 Å². The number of nitrogens with two attached hydrogens (primary N) is 1. The molecule has 3 N–H and O–H groups in total. The van der Waals surface area contributed by atoms with Crippen molar-refractivity contribution in [2.24, 2.45) is 16.6 Å². The highest BCUT2D eigenvalue weighted by Crippen LogP contribution is 2.14. The van der Waals surface area contributed by atoms with Crippen LogP contribution in [-0.4, -0.2) is 55.0 Å². The van der Waals surface area contributed by atoms with Crippen molar-refractivity contribution in [2.75, 3.05) is 39.3 Å². The van der Waals surface area contributed by atoms with E-state index in [1.807, 2.05) is 0 Å². The van der Waals surface area contributed by atoms with Crippen LogP contribution in [0, 0.1) is 5.92 Å². The van der Waals surface area contributed by atoms with Gasteiger partial charge in [0.2, 0.25) is 0 Å². The molecular weight excluding hydrogens is 310 g/mol. The first kappa shape index (κ1) is 19.7. The second-order valence-electron chi connectivity index (χ2n) is 7.29. The molecule has 0 unspecified atom stereocenters. The highest BCUT2D eigenvalue weighted by Gasteiger charge is 2.16. The second kappa shape index (κ2) is 10.4. The molecule has 25 heavy (non-hydrogen) atoms. The first-order chi connectivity index (χ1) is 12.1. The molecule has 0 amide bonds. The fourth-order valence-corrected chi connectivity index (χ4v) is 3.09. The van der Waals surface area contributed by atoms with Gasteiger partial charge in [0, 0.05) is 39.3 Å². The summed E-state index contributed by atoms with van der Waals surface area (Å²) in [6, 6.07) is 8.60. The number of aliphatic imine (C=N–C) groups is 1. The Morgan fingerprint density at radius 1 is 1.12 bits per heavy atom. The molecule has 1 fully saturated rings. The summed E-state index contributed by atoms with van der Waals surface area (Å²) in [5, 5.41) is 3.21. The largest absolute Gasteiger partial charge is 0.370 e. The first-order valence-corrected chi connectivity index (χ1v) is 9.63. The van der Waals surface area contributed by atoms with Crippen molar-refractivity contribution in [3.05, 3.63) is 35.4 Å². The Bertz CT molecular complexity index is 533. The molecule has 0 atom stereocenters. The van der Waals surface area contributed by atoms with Crippen LogP contribution in [0.3, 0.4) is 0 Å². The minimum Gasteiger partial charge on any atom is -0.370 e. The molecule has 140 valence electrons. The normalized spacial score (nSPS) is 17.2. The van der Waals surface area contributed by atoms with Crippen LogP contribution in [0.25, 0.3) is 0 Å². The van der Waals surface area contributed by atoms with Gasteiger partial charge in [-0.25, -0.2) is 4.99 Å². The van der Waals surface area contributed by atoms with Crippen molar-refractivity contribution in [1.29, 1.82) is 0 Å². The van der Waals surface area contributed by atoms with E-state index < -0.39 is 0 Å². The van der Waals surface area contributed by atoms with Crippen LogP contribution in [0.15, 0.2) is 29.3 Å². The molecule has 1 aliphatic rings. The number of hydrogen-bond acceptors (Lipinski definition) is 3. The lowest BCUT2D eigenvalue weighted by Gasteiger charge is -2.34. The van der Waals surface area contributed by atoms with Crippen LogP contribution in [-0.2, 0) is 13.1 Å². The number of nitrogens with one attached hydrogen (secondary N) is 1. The minimum atomic E-state index is 0.548. The molecule has 1 aromatic carbocycles. The number of likely N-dealkylation sites (N-methyl/N-ethyl adjacent to an activating group) is 1. The van der Waals surface area contributed by atoms with Crippen molar-refractivity contribution in [1.82, 2.24) is 15.1 Å². The Morgan fingerprint density at radius 2 is 1.76 bits per heavy atom. The standard InChI is InChI=1S/C20H35N5/c1-4-24-11-13-25(14-12-24)16-19-8-6-5-7-18(19)15-23-20(21)22-10-9-17(2)3/h5-8,17H,4,9-16H2,1-3H3,(H3,21,22,23). The molecule has 1 aliphatic heterocycles. The number of nitrogens with zero attached hydrogens (tertiary/aromatic N) is 3. The van der Waals surface area contributed by atoms with Crippen molar-refractivity contribution >= 4 is 5.96 Å². The maximum Gasteiger partial charge on any atom is 0.188 e. The average molecular weight is 346 g/mol. The fraction of sp³-hybridized carbons (Fsp3) is 0.650. The zero-order valence-electron chi connectivity index (χ0n) is 16.2. The fourth-order valence-electron chi connectivity index (χ4n) is 3.09. The van der Waals surface area contributed by atoms with Gasteiger partial charge >= 0.3 is 0 Å². The van der Waals surface area contributed by atoms with Crippen LogP contribution in [0.2, 0.25) is 0 Å². The summed E-state index contributed by atoms with van der Waals surface area (Å²) < 4.78 is 0. The summed E-state index contributed by atoms with van der Waals surface area (Å²) in [6.07, 6.45) is 1.11. The van der Waals surface area contributed by atoms with Gasteiger partial charge in [-0.2, -0.15) is 0 Å². The summed E-state index contributed by atoms with van der Waals surface area (Å²) in [6.45, 7) is 15.0. The molecule has 2 rings (SSSR count). The maximum atomic E-state index is 6.00. The van der Waals surface area contributed by atoms with E-state index in [-0.39, 0.29) is 0 Å². The quantitative estimate of drug-likeness (QED) is 0.561. The van der Waals surface area contributed by atoms with Gasteiger partial charge in [0.25, 0.3) is 0 Å². The van der Waals surface area contributed by atoms with Crippen LogP contribution in [0.1, 0.15) is 38.3 Å². The van der Waals surface area contributed by atoms with E-state index >= 15 is 0 Å². The van der Waals surface area contributed by atoms with E-state index in [1.54, 1.807) is 0 Å². The Hall–Kier alpha value is -1.59. The van der Waals surface area contributed by atoms with E-state index in [4.69, 9.17) is 5.73 Å². The van der Waals surface area contributed by atoms with E-state index in [2.05, 4.69) is 65.1 Å². The third-order valence-electron chi connectivity index (χ3n) is 4.87. The van der Waals surface area contributed by atoms with Crippen LogP contribution in [0.5, 0.6) is 0 Å². The lowest BCUT2D eigenvalue weighted by Crippen LogP contribution is -2.45. The van der Waals surface area contributed by atoms with E-state index in [9.17, 15) is 0 Å². The van der Waals surface area contributed by atoms with Gasteiger partial charge in [-0.3, -0.25) is 4.90 Å². The molecule has 0 aliphatic carbocycles. The van der Waals surface area contributed by atoms with Crippen LogP contribution >= 0.6 is 0 Å². The molecule has 1 heterocycles. The number of rotatable bonds is 8. The summed E-state index contributed by atoms with van der Waals surface area (Å²) >= 11 is 0. The van der Waals surface area contributed by atoms with E-state index in [0.29, 0.717) is 18.4 Å². The average Bonchev–Trinajstić information content (AvgIpc) is 2.61. The summed E-state index contributed by atoms with van der Waals surface area (Å²) in [7, 11) is 0. The van der Waals surface area contributed by atoms with Gasteiger partial charge in [0.15, 0.2) is 5.96 Å². The number of benzene rings is 1. The van der Waals surface area contributed by atoms with Crippen molar-refractivity contribution in [2.45, 2.75) is 40.3 Å². The maximum absolute atomic E-state index is 6.00. The predicted molar refractivity (Wildman–Crippen MR) is 107 cm³/mol. The number of hydrogen-bond donors (Lipinski definition) is 2. The zero-order chi connectivity index (χ0) is 18.1. The monoisotopic (exact) mass is 345 g/mol. The van der Waals surface area contributed by atoms with Crippen molar-refractivity contribution < 1.29 is 0 Å². The Labute approximate surface area is 153 Å². The number of guanidine groups is 1. The molecule has 0 bridgehead atoms. The van der Waals surface area contributed by atoms with Crippen LogP contribution in [0.4, 0.5) is 0 Å². The highest BCUT2D eigenvalue weighted by molar-refractivity contribution is 5.77. The van der Waals surface area contributed by atoms with Gasteiger partial charge in [-0.05, 0) is 30.0 Å². The molecule has 5 nitrogen and oxygen atoms in total. The second-order valence-corrected chi connectivity index (χ2v) is 7.29. The van der Waals surface area contributed by atoms with Gasteiger partial charge in [0.05, 0.1) is 6.54 Å². The Kier molecular flexibility index (Phi) is 8.22. The minimum absolute atomic E-state index is 0.548. The lowest BCUT2D eigenvalue weighted by atomic mass is 10.1. The summed E-state index contributed by atoms with van der Waals surface area (Å²) in [5.41, 5.74) is 8.63. The van der Waals surface area contributed by atoms with Crippen molar-refractivity contribution in [3.63, 3.8) is 0 Å². The predicted octanol–water partition coefficient (Wildman–Crippen LogP) is 2.27. The van der Waals surface area contributed by atoms with Crippen molar-refractivity contribution in [3.8, 4) is 0 Å². The Morgan fingerprint density at radius 3 is 2.40 bits per heavy atom. The van der Waals surface area contributed by atoms with Gasteiger partial charge in [-0.15, -0.1) is 0 Å². The molecule has 1 aromatic rings. The van der Waals surface area contributed by atoms with E-state index in [1.165, 1.54) is 24.2 Å². The number of piperazine rings is 1. The van der Waals surface area contributed by atoms with Gasteiger partial charge in [0.1, 0.15) is 0 Å². The van der Waals surface area contributed by atoms with Gasteiger partial charge in [-0.1, -0.05) is 45.0 Å². The summed E-state index contributed by atoms with van der Waals surface area (Å²) in [4.78, 5) is 9.58. The molecule has 0 radical (unpaired) electrons. The molecule has 0 aromatic heterocycles. The molecule has 0 spiro atoms. The SMILES string of the molecule is CCN1CCN(Cc2ccccc2CN=C(N)NCCC(C)C)CC1. The van der Waals surface area contributed by atoms with Crippen LogP contribution < -0.4 is 11.1 Å². The molecule has 0 saturated carbocycles. The molecule has 1 saturated heterocycles. The molecular formula is C20H35N5. The highest BCUT2D eigenvalue weighted by atomic mass is 15.3. The summed E-state index contributed by atoms with van der Waals surface area (Å²) in [5.74, 6) is 1.22. The van der Waals surface area contributed by atoms with E-state index in [0.717, 1.165) is 39.1 Å². The lowest BCUT2D eigenvalue weighted by molar-refractivity contribution is 0.131. The Balaban J connectivity index is 1.87. The third-order valence-corrected chi connectivity index (χ3v) is 4.87.